The second-order valence-corrected chi connectivity index (χ2v) is 12.5. The number of amides is 1. The zero-order chi connectivity index (χ0) is 31.0. The summed E-state index contributed by atoms with van der Waals surface area (Å²) in [7, 11) is 1.27. The molecular formula is C30H21Cl2N3O7S2. The zero-order valence-electron chi connectivity index (χ0n) is 22.8. The van der Waals surface area contributed by atoms with Crippen molar-refractivity contribution in [2.24, 2.45) is 0 Å². The first-order valence-electron chi connectivity index (χ1n) is 13.0. The molecule has 1 amide bonds. The topological polar surface area (TPSA) is 128 Å². The van der Waals surface area contributed by atoms with Crippen LogP contribution in [0.1, 0.15) is 33.1 Å². The summed E-state index contributed by atoms with van der Waals surface area (Å²) in [5, 5.41) is 21.1. The molecule has 2 aliphatic rings. The molecule has 0 radical (unpaired) electrons. The van der Waals surface area contributed by atoms with E-state index in [9.17, 15) is 19.5 Å². The maximum Gasteiger partial charge on any atom is 0.337 e. The van der Waals surface area contributed by atoms with Crippen LogP contribution in [0, 0.1) is 0 Å². The van der Waals surface area contributed by atoms with Gasteiger partial charge in [-0.25, -0.2) is 4.79 Å². The largest absolute Gasteiger partial charge is 0.507 e. The van der Waals surface area contributed by atoms with Crippen molar-refractivity contribution in [3.63, 3.8) is 0 Å². The molecule has 3 aromatic carbocycles. The maximum atomic E-state index is 13.6. The number of thioether (sulfide) groups is 1. The molecule has 1 fully saturated rings. The number of Topliss-reactive ketones (excluding diaryl/α,β-unsaturated/α-hetero) is 1. The van der Waals surface area contributed by atoms with Gasteiger partial charge >= 0.3 is 11.9 Å². The number of fused-ring (bicyclic) bond motifs is 1. The highest BCUT2D eigenvalue weighted by atomic mass is 35.5. The fourth-order valence-corrected chi connectivity index (χ4v) is 7.17. The van der Waals surface area contributed by atoms with E-state index >= 15 is 0 Å². The van der Waals surface area contributed by atoms with Crippen molar-refractivity contribution in [3.05, 3.63) is 98.5 Å². The van der Waals surface area contributed by atoms with E-state index in [2.05, 4.69) is 10.2 Å². The molecule has 2 aliphatic heterocycles. The van der Waals surface area contributed by atoms with Gasteiger partial charge in [-0.1, -0.05) is 64.5 Å². The van der Waals surface area contributed by atoms with Crippen molar-refractivity contribution in [2.45, 2.75) is 16.1 Å². The fraction of sp³-hybridized carbons (Fsp3) is 0.167. The number of aromatic nitrogens is 2. The van der Waals surface area contributed by atoms with E-state index in [0.717, 1.165) is 16.9 Å². The third kappa shape index (κ3) is 5.73. The van der Waals surface area contributed by atoms with E-state index in [1.54, 1.807) is 42.5 Å². The maximum absolute atomic E-state index is 13.6. The molecule has 1 N–H and O–H groups in total. The monoisotopic (exact) mass is 669 g/mol. The summed E-state index contributed by atoms with van der Waals surface area (Å²) in [5.41, 5.74) is 1.67. The van der Waals surface area contributed by atoms with Crippen LogP contribution in [-0.2, 0) is 20.1 Å². The van der Waals surface area contributed by atoms with Gasteiger partial charge in [-0.2, -0.15) is 0 Å². The summed E-state index contributed by atoms with van der Waals surface area (Å²) in [6.07, 6.45) is 0. The van der Waals surface area contributed by atoms with Crippen LogP contribution in [-0.4, -0.2) is 53.3 Å². The Morgan fingerprint density at radius 2 is 1.75 bits per heavy atom. The third-order valence-electron chi connectivity index (χ3n) is 6.88. The lowest BCUT2D eigenvalue weighted by Crippen LogP contribution is -2.29. The van der Waals surface area contributed by atoms with E-state index < -0.39 is 29.5 Å². The predicted molar refractivity (Wildman–Crippen MR) is 166 cm³/mol. The molecule has 3 heterocycles. The number of nitrogens with zero attached hydrogens (tertiary/aromatic N) is 3. The Labute approximate surface area is 269 Å². The Bertz CT molecular complexity index is 1830. The van der Waals surface area contributed by atoms with Crippen LogP contribution in [0.15, 0.2) is 70.6 Å². The van der Waals surface area contributed by atoms with Crippen LogP contribution >= 0.6 is 46.3 Å². The van der Waals surface area contributed by atoms with E-state index in [1.165, 1.54) is 35.9 Å². The molecular weight excluding hydrogens is 649 g/mol. The first-order valence-corrected chi connectivity index (χ1v) is 15.6. The number of carbonyl (C=O) groups excluding carboxylic acids is 3. The second kappa shape index (κ2) is 12.5. The lowest BCUT2D eigenvalue weighted by atomic mass is 9.94. The summed E-state index contributed by atoms with van der Waals surface area (Å²) in [6, 6.07) is 15.1. The van der Waals surface area contributed by atoms with Gasteiger partial charge in [-0.3, -0.25) is 14.5 Å². The summed E-state index contributed by atoms with van der Waals surface area (Å²) in [6.45, 7) is 0.718. The van der Waals surface area contributed by atoms with Crippen molar-refractivity contribution in [3.8, 4) is 11.5 Å². The standard InChI is InChI=1S/C30H21Cl2N3O7S2/c1-40-28(39)16-4-2-15(3-5-16)24-23(25(36)17-7-9-21-22(12-17)42-11-10-41-21)26(37)27(38)35(24)29-33-34-30(44-29)43-14-18-6-8-19(31)13-20(18)32/h2-9,12-13,24,36H,10-11,14H2,1H3/b25-23-. The number of aliphatic hydroxyl groups excluding tert-OH is 1. The molecule has 4 aromatic rings. The minimum Gasteiger partial charge on any atom is -0.507 e. The van der Waals surface area contributed by atoms with Crippen LogP contribution in [0.5, 0.6) is 11.5 Å². The number of esters is 1. The number of ether oxygens (including phenoxy) is 3. The molecule has 44 heavy (non-hydrogen) atoms. The average molecular weight is 671 g/mol. The number of benzene rings is 3. The minimum absolute atomic E-state index is 0.153. The molecule has 0 saturated carbocycles. The van der Waals surface area contributed by atoms with E-state index in [1.807, 2.05) is 6.07 Å². The van der Waals surface area contributed by atoms with Crippen molar-refractivity contribution >= 4 is 74.9 Å². The van der Waals surface area contributed by atoms with Crippen LogP contribution in [0.4, 0.5) is 5.13 Å². The predicted octanol–water partition coefficient (Wildman–Crippen LogP) is 6.32. The number of carbonyl (C=O) groups is 3. The number of hydrogen-bond acceptors (Lipinski definition) is 11. The molecule has 6 rings (SSSR count). The molecule has 1 aromatic heterocycles. The molecule has 0 bridgehead atoms. The Morgan fingerprint density at radius 1 is 1.02 bits per heavy atom. The van der Waals surface area contributed by atoms with Gasteiger partial charge in [0.1, 0.15) is 19.0 Å². The molecule has 14 heteroatoms. The fourth-order valence-electron chi connectivity index (χ4n) is 4.75. The lowest BCUT2D eigenvalue weighted by molar-refractivity contribution is -0.132. The third-order valence-corrected chi connectivity index (χ3v) is 9.57. The highest BCUT2D eigenvalue weighted by Gasteiger charge is 2.48. The molecule has 1 saturated heterocycles. The van der Waals surface area contributed by atoms with Gasteiger partial charge in [0.2, 0.25) is 5.13 Å². The Hall–Kier alpha value is -4.10. The van der Waals surface area contributed by atoms with Crippen LogP contribution in [0.25, 0.3) is 5.76 Å². The number of methoxy groups -OCH3 is 1. The number of aliphatic hydroxyl groups is 1. The Morgan fingerprint density at radius 3 is 2.48 bits per heavy atom. The molecule has 0 aliphatic carbocycles. The van der Waals surface area contributed by atoms with Crippen LogP contribution in [0.2, 0.25) is 10.0 Å². The quantitative estimate of drug-likeness (QED) is 0.0596. The molecule has 1 atom stereocenters. The van der Waals surface area contributed by atoms with Crippen molar-refractivity contribution < 1.29 is 33.7 Å². The Balaban J connectivity index is 1.39. The number of rotatable bonds is 7. The summed E-state index contributed by atoms with van der Waals surface area (Å²) in [4.78, 5) is 40.4. The first-order chi connectivity index (χ1) is 21.2. The van der Waals surface area contributed by atoms with E-state index in [4.69, 9.17) is 37.4 Å². The van der Waals surface area contributed by atoms with Crippen molar-refractivity contribution in [2.75, 3.05) is 25.2 Å². The summed E-state index contributed by atoms with van der Waals surface area (Å²) >= 11 is 14.8. The van der Waals surface area contributed by atoms with Gasteiger partial charge in [0.25, 0.3) is 5.78 Å². The van der Waals surface area contributed by atoms with Crippen LogP contribution < -0.4 is 14.4 Å². The zero-order valence-corrected chi connectivity index (χ0v) is 25.9. The van der Waals surface area contributed by atoms with Gasteiger partial charge in [0.05, 0.1) is 24.3 Å². The van der Waals surface area contributed by atoms with E-state index in [0.29, 0.717) is 50.4 Å². The number of hydrogen-bond donors (Lipinski definition) is 1. The number of ketones is 1. The summed E-state index contributed by atoms with van der Waals surface area (Å²) < 4.78 is 16.5. The first kappa shape index (κ1) is 29.9. The van der Waals surface area contributed by atoms with Gasteiger partial charge in [-0.05, 0) is 53.6 Å². The lowest BCUT2D eigenvalue weighted by Gasteiger charge is -2.23. The minimum atomic E-state index is -1.08. The Kier molecular flexibility index (Phi) is 8.50. The molecule has 224 valence electrons. The van der Waals surface area contributed by atoms with Gasteiger partial charge in [-0.15, -0.1) is 10.2 Å². The second-order valence-electron chi connectivity index (χ2n) is 9.52. The van der Waals surface area contributed by atoms with Crippen molar-refractivity contribution in [1.29, 1.82) is 0 Å². The number of halogens is 2. The SMILES string of the molecule is COC(=O)c1ccc(C2/C(=C(/O)c3ccc4c(c3)OCCO4)C(=O)C(=O)N2c2nnc(SCc3ccc(Cl)cc3Cl)s2)cc1. The highest BCUT2D eigenvalue weighted by Crippen LogP contribution is 2.45. The normalized spacial score (nSPS) is 17.2. The average Bonchev–Trinajstić information content (AvgIpc) is 3.61. The van der Waals surface area contributed by atoms with Crippen LogP contribution in [0.3, 0.4) is 0 Å². The smallest absolute Gasteiger partial charge is 0.337 e. The van der Waals surface area contributed by atoms with E-state index in [-0.39, 0.29) is 21.8 Å². The van der Waals surface area contributed by atoms with Crippen molar-refractivity contribution in [1.82, 2.24) is 10.2 Å². The molecule has 0 spiro atoms. The molecule has 10 nitrogen and oxygen atoms in total. The number of anilines is 1. The highest BCUT2D eigenvalue weighted by molar-refractivity contribution is 8.00. The molecule has 1 unspecified atom stereocenters. The van der Waals surface area contributed by atoms with Gasteiger partial charge in [0, 0.05) is 21.4 Å². The van der Waals surface area contributed by atoms with Gasteiger partial charge < -0.3 is 19.3 Å². The van der Waals surface area contributed by atoms with Gasteiger partial charge in [0.15, 0.2) is 15.8 Å². The summed E-state index contributed by atoms with van der Waals surface area (Å²) in [5.74, 6) is -1.38.